The first-order valence-corrected chi connectivity index (χ1v) is 12.1. The molecule has 1 fully saturated rings. The summed E-state index contributed by atoms with van der Waals surface area (Å²) in [6.07, 6.45) is 6.05. The van der Waals surface area contributed by atoms with Gasteiger partial charge in [-0.05, 0) is 79.2 Å². The van der Waals surface area contributed by atoms with Gasteiger partial charge in [-0.25, -0.2) is 4.98 Å². The zero-order valence-corrected chi connectivity index (χ0v) is 20.5. The summed E-state index contributed by atoms with van der Waals surface area (Å²) in [6, 6.07) is 13.2. The van der Waals surface area contributed by atoms with Crippen LogP contribution in [0.15, 0.2) is 48.9 Å². The van der Waals surface area contributed by atoms with E-state index in [1.807, 2.05) is 12.3 Å². The summed E-state index contributed by atoms with van der Waals surface area (Å²) in [7, 11) is 3.35. The first-order valence-electron chi connectivity index (χ1n) is 12.1. The van der Waals surface area contributed by atoms with Crippen LogP contribution in [0.4, 0.5) is 0 Å². The van der Waals surface area contributed by atoms with E-state index in [1.54, 1.807) is 20.5 Å². The van der Waals surface area contributed by atoms with Crippen molar-refractivity contribution in [3.8, 4) is 22.8 Å². The number of aromatic amines is 2. The lowest BCUT2D eigenvalue weighted by atomic mass is 9.87. The summed E-state index contributed by atoms with van der Waals surface area (Å²) in [5.41, 5.74) is 7.48. The van der Waals surface area contributed by atoms with Crippen LogP contribution in [0.25, 0.3) is 22.2 Å². The molecular formula is C28H34N4O2. The number of nitrogens with zero attached hydrogens (tertiary/aromatic N) is 2. The van der Waals surface area contributed by atoms with Gasteiger partial charge < -0.3 is 19.4 Å². The number of piperidine rings is 1. The molecule has 2 aromatic carbocycles. The molecule has 3 heterocycles. The minimum absolute atomic E-state index is 0.392. The second-order valence-electron chi connectivity index (χ2n) is 9.57. The Hall–Kier alpha value is -3.25. The van der Waals surface area contributed by atoms with Crippen molar-refractivity contribution in [3.05, 3.63) is 65.7 Å². The summed E-state index contributed by atoms with van der Waals surface area (Å²) in [5, 5.41) is 1.33. The summed E-state index contributed by atoms with van der Waals surface area (Å²) in [5.74, 6) is 2.48. The largest absolute Gasteiger partial charge is 0.493 e. The molecule has 5 rings (SSSR count). The maximum absolute atomic E-state index is 5.56. The van der Waals surface area contributed by atoms with Crippen molar-refractivity contribution in [2.45, 2.75) is 45.1 Å². The lowest BCUT2D eigenvalue weighted by Gasteiger charge is -2.31. The Bertz CT molecular complexity index is 1250. The van der Waals surface area contributed by atoms with Crippen molar-refractivity contribution in [1.82, 2.24) is 19.9 Å². The Kier molecular flexibility index (Phi) is 6.33. The molecule has 1 saturated heterocycles. The van der Waals surface area contributed by atoms with E-state index in [1.165, 1.54) is 40.6 Å². The molecule has 178 valence electrons. The summed E-state index contributed by atoms with van der Waals surface area (Å²) in [4.78, 5) is 13.6. The summed E-state index contributed by atoms with van der Waals surface area (Å²) in [6.45, 7) is 7.72. The highest BCUT2D eigenvalue weighted by Gasteiger charge is 2.23. The third-order valence-electron chi connectivity index (χ3n) is 7.12. The molecule has 2 N–H and O–H groups in total. The Labute approximate surface area is 201 Å². The normalized spacial score (nSPS) is 15.3. The van der Waals surface area contributed by atoms with Gasteiger partial charge in [0.2, 0.25) is 0 Å². The fourth-order valence-corrected chi connectivity index (χ4v) is 5.34. The molecule has 0 bridgehead atoms. The van der Waals surface area contributed by atoms with Gasteiger partial charge in [0.05, 0.1) is 26.2 Å². The third-order valence-corrected chi connectivity index (χ3v) is 7.12. The molecule has 1 aliphatic heterocycles. The molecule has 4 aromatic rings. The van der Waals surface area contributed by atoms with Crippen LogP contribution in [-0.4, -0.2) is 47.2 Å². The van der Waals surface area contributed by atoms with Crippen LogP contribution < -0.4 is 9.47 Å². The molecule has 0 atom stereocenters. The van der Waals surface area contributed by atoms with E-state index in [4.69, 9.17) is 9.47 Å². The Morgan fingerprint density at radius 2 is 1.82 bits per heavy atom. The molecule has 0 spiro atoms. The van der Waals surface area contributed by atoms with Crippen LogP contribution in [-0.2, 0) is 6.54 Å². The minimum Gasteiger partial charge on any atom is -0.493 e. The Morgan fingerprint density at radius 3 is 2.50 bits per heavy atom. The molecule has 6 nitrogen and oxygen atoms in total. The predicted molar refractivity (Wildman–Crippen MR) is 137 cm³/mol. The smallest absolute Gasteiger partial charge is 0.161 e. The van der Waals surface area contributed by atoms with Gasteiger partial charge in [-0.3, -0.25) is 4.90 Å². The number of ether oxygens (including phenoxy) is 2. The van der Waals surface area contributed by atoms with Crippen molar-refractivity contribution < 1.29 is 9.47 Å². The number of likely N-dealkylation sites (tertiary alicyclic amines) is 1. The third kappa shape index (κ3) is 4.30. The molecule has 6 heteroatoms. The highest BCUT2D eigenvalue weighted by Crippen LogP contribution is 2.40. The lowest BCUT2D eigenvalue weighted by Crippen LogP contribution is -2.32. The topological polar surface area (TPSA) is 66.2 Å². The maximum atomic E-state index is 5.56. The van der Waals surface area contributed by atoms with E-state index >= 15 is 0 Å². The average molecular weight is 459 g/mol. The van der Waals surface area contributed by atoms with E-state index in [0.717, 1.165) is 42.4 Å². The molecule has 0 radical (unpaired) electrons. The first-order chi connectivity index (χ1) is 16.6. The van der Waals surface area contributed by atoms with Crippen LogP contribution in [0.5, 0.6) is 11.5 Å². The molecule has 0 unspecified atom stereocenters. The second kappa shape index (κ2) is 9.55. The quantitative estimate of drug-likeness (QED) is 0.352. The Balaban J connectivity index is 1.43. The van der Waals surface area contributed by atoms with Crippen LogP contribution in [0.2, 0.25) is 0 Å². The van der Waals surface area contributed by atoms with E-state index in [-0.39, 0.29) is 0 Å². The van der Waals surface area contributed by atoms with Crippen molar-refractivity contribution >= 4 is 10.9 Å². The van der Waals surface area contributed by atoms with Crippen LogP contribution >= 0.6 is 0 Å². The maximum Gasteiger partial charge on any atom is 0.161 e. The molecule has 0 aliphatic carbocycles. The van der Waals surface area contributed by atoms with Crippen LogP contribution in [0, 0.1) is 0 Å². The van der Waals surface area contributed by atoms with Gasteiger partial charge in [-0.2, -0.15) is 0 Å². The number of nitrogens with one attached hydrogen (secondary N) is 2. The number of benzene rings is 2. The van der Waals surface area contributed by atoms with Gasteiger partial charge in [0.1, 0.15) is 0 Å². The summed E-state index contributed by atoms with van der Waals surface area (Å²) >= 11 is 0. The van der Waals surface area contributed by atoms with Crippen LogP contribution in [0.3, 0.4) is 0 Å². The molecular weight excluding hydrogens is 424 g/mol. The van der Waals surface area contributed by atoms with Gasteiger partial charge >= 0.3 is 0 Å². The predicted octanol–water partition coefficient (Wildman–Crippen LogP) is 6.08. The first kappa shape index (κ1) is 22.5. The number of methoxy groups -OCH3 is 2. The number of hydrogen-bond donors (Lipinski definition) is 2. The Morgan fingerprint density at radius 1 is 1.03 bits per heavy atom. The van der Waals surface area contributed by atoms with Gasteiger partial charge in [0.15, 0.2) is 11.5 Å². The molecule has 0 amide bonds. The highest BCUT2D eigenvalue weighted by atomic mass is 16.5. The minimum atomic E-state index is 0.392. The van der Waals surface area contributed by atoms with E-state index in [2.05, 4.69) is 64.0 Å². The monoisotopic (exact) mass is 458 g/mol. The number of imidazole rings is 1. The lowest BCUT2D eigenvalue weighted by molar-refractivity contribution is 0.203. The van der Waals surface area contributed by atoms with E-state index in [9.17, 15) is 0 Å². The zero-order valence-electron chi connectivity index (χ0n) is 20.5. The molecule has 2 aromatic heterocycles. The zero-order chi connectivity index (χ0) is 23.7. The fourth-order valence-electron chi connectivity index (χ4n) is 5.34. The van der Waals surface area contributed by atoms with Gasteiger partial charge in [0, 0.05) is 34.9 Å². The van der Waals surface area contributed by atoms with Crippen molar-refractivity contribution in [2.24, 2.45) is 0 Å². The highest BCUT2D eigenvalue weighted by molar-refractivity contribution is 5.92. The fraction of sp³-hybridized carbons (Fsp3) is 0.393. The number of hydrogen-bond acceptors (Lipinski definition) is 4. The molecule has 1 aliphatic rings. The second-order valence-corrected chi connectivity index (χ2v) is 9.57. The summed E-state index contributed by atoms with van der Waals surface area (Å²) < 4.78 is 11.0. The molecule has 34 heavy (non-hydrogen) atoms. The molecule has 0 saturated carbocycles. The number of H-pyrrole nitrogens is 2. The standard InChI is InChI=1S/C28H34N4O2/c1-18(2)27-23-13-20(19-9-11-32(12-10-19)16-22-15-29-17-30-22)5-7-24(23)31-28(27)21-6-8-25(33-3)26(14-21)34-4/h5-8,13-15,17-19,31H,9-12,16H2,1-4H3,(H,29,30). The van der Waals surface area contributed by atoms with Gasteiger partial charge in [-0.15, -0.1) is 0 Å². The number of fused-ring (bicyclic) bond motifs is 1. The van der Waals surface area contributed by atoms with Crippen molar-refractivity contribution in [2.75, 3.05) is 27.3 Å². The van der Waals surface area contributed by atoms with Crippen LogP contribution in [0.1, 0.15) is 55.3 Å². The number of aromatic nitrogens is 3. The van der Waals surface area contributed by atoms with E-state index in [0.29, 0.717) is 11.8 Å². The van der Waals surface area contributed by atoms with Crippen molar-refractivity contribution in [1.29, 1.82) is 0 Å². The van der Waals surface area contributed by atoms with E-state index < -0.39 is 0 Å². The van der Waals surface area contributed by atoms with Gasteiger partial charge in [-0.1, -0.05) is 19.9 Å². The number of rotatable bonds is 7. The average Bonchev–Trinajstić information content (AvgIpc) is 3.51. The van der Waals surface area contributed by atoms with Gasteiger partial charge in [0.25, 0.3) is 0 Å². The SMILES string of the molecule is COc1ccc(-c2[nH]c3ccc(C4CCN(Cc5cnc[nH]5)CC4)cc3c2C(C)C)cc1OC. The van der Waals surface area contributed by atoms with Crippen molar-refractivity contribution in [3.63, 3.8) is 0 Å².